The molecular formula is C15H16N2O3S. The summed E-state index contributed by atoms with van der Waals surface area (Å²) in [5.41, 5.74) is 1.07. The number of aliphatic hydroxyl groups is 1. The molecule has 1 unspecified atom stereocenters. The van der Waals surface area contributed by atoms with Crippen molar-refractivity contribution >= 4 is 15.5 Å². The number of nitrogens with zero attached hydrogens (tertiary/aromatic N) is 2. The van der Waals surface area contributed by atoms with E-state index in [1.165, 1.54) is 0 Å². The molecule has 110 valence electrons. The molecule has 0 saturated carbocycles. The van der Waals surface area contributed by atoms with E-state index in [4.69, 9.17) is 0 Å². The van der Waals surface area contributed by atoms with Gasteiger partial charge < -0.3 is 5.11 Å². The van der Waals surface area contributed by atoms with Gasteiger partial charge in [0.2, 0.25) is 9.84 Å². The van der Waals surface area contributed by atoms with Gasteiger partial charge in [-0.25, -0.2) is 8.42 Å². The number of azo groups is 1. The van der Waals surface area contributed by atoms with Crippen LogP contribution >= 0.6 is 0 Å². The fraction of sp³-hybridized carbons (Fsp3) is 0.200. The summed E-state index contributed by atoms with van der Waals surface area (Å²) in [7, 11) is -3.89. The van der Waals surface area contributed by atoms with Gasteiger partial charge in [0, 0.05) is 6.92 Å². The Morgan fingerprint density at radius 3 is 2.10 bits per heavy atom. The van der Waals surface area contributed by atoms with Crippen LogP contribution in [0, 0.1) is 0 Å². The van der Waals surface area contributed by atoms with Crippen LogP contribution < -0.4 is 0 Å². The van der Waals surface area contributed by atoms with E-state index in [2.05, 4.69) is 10.2 Å². The molecule has 0 aliphatic rings. The third-order valence-corrected chi connectivity index (χ3v) is 4.87. The van der Waals surface area contributed by atoms with E-state index in [9.17, 15) is 13.5 Å². The van der Waals surface area contributed by atoms with E-state index in [0.717, 1.165) is 6.92 Å². The number of benzene rings is 2. The first-order chi connectivity index (χ1) is 9.91. The summed E-state index contributed by atoms with van der Waals surface area (Å²) in [6.07, 6.45) is 0. The molecule has 0 aliphatic heterocycles. The number of rotatable bonds is 5. The van der Waals surface area contributed by atoms with Crippen LogP contribution in [0.2, 0.25) is 0 Å². The summed E-state index contributed by atoms with van der Waals surface area (Å²) in [5, 5.41) is 15.2. The predicted octanol–water partition coefficient (Wildman–Crippen LogP) is 3.05. The van der Waals surface area contributed by atoms with Crippen molar-refractivity contribution in [2.45, 2.75) is 17.7 Å². The number of sulfone groups is 1. The quantitative estimate of drug-likeness (QED) is 0.862. The first-order valence-corrected chi connectivity index (χ1v) is 8.02. The molecule has 0 spiro atoms. The van der Waals surface area contributed by atoms with Gasteiger partial charge in [-0.2, -0.15) is 5.11 Å². The molecule has 0 aliphatic carbocycles. The summed E-state index contributed by atoms with van der Waals surface area (Å²) >= 11 is 0. The highest BCUT2D eigenvalue weighted by Gasteiger charge is 2.37. The Balaban J connectivity index is 2.19. The molecule has 2 rings (SSSR count). The van der Waals surface area contributed by atoms with Gasteiger partial charge in [-0.05, 0) is 17.7 Å². The molecule has 0 fully saturated rings. The van der Waals surface area contributed by atoms with E-state index in [-0.39, 0.29) is 5.75 Å². The smallest absolute Gasteiger partial charge is 0.276 e. The zero-order valence-electron chi connectivity index (χ0n) is 11.5. The van der Waals surface area contributed by atoms with Gasteiger partial charge in [0.15, 0.2) is 0 Å². The molecular weight excluding hydrogens is 288 g/mol. The average Bonchev–Trinajstić information content (AvgIpc) is 2.47. The highest BCUT2D eigenvalue weighted by atomic mass is 32.2. The summed E-state index contributed by atoms with van der Waals surface area (Å²) < 4.78 is 24.5. The molecule has 5 nitrogen and oxygen atoms in total. The van der Waals surface area contributed by atoms with Crippen LogP contribution in [-0.2, 0) is 15.6 Å². The predicted molar refractivity (Wildman–Crippen MR) is 80.6 cm³/mol. The second-order valence-electron chi connectivity index (χ2n) is 4.71. The van der Waals surface area contributed by atoms with Crippen LogP contribution in [0.25, 0.3) is 0 Å². The van der Waals surface area contributed by atoms with Crippen molar-refractivity contribution in [3.8, 4) is 0 Å². The Morgan fingerprint density at radius 2 is 1.52 bits per heavy atom. The fourth-order valence-corrected chi connectivity index (χ4v) is 2.71. The summed E-state index contributed by atoms with van der Waals surface area (Å²) in [5.74, 6) is -0.297. The molecule has 6 heteroatoms. The molecule has 2 aromatic carbocycles. The van der Waals surface area contributed by atoms with Crippen LogP contribution in [0.1, 0.15) is 12.5 Å². The zero-order chi connectivity index (χ0) is 15.3. The Kier molecular flexibility index (Phi) is 4.50. The molecule has 0 aromatic heterocycles. The Hall–Kier alpha value is -2.05. The maximum absolute atomic E-state index is 12.2. The minimum Gasteiger partial charge on any atom is -0.356 e. The molecule has 0 amide bonds. The normalized spacial score (nSPS) is 15.0. The molecule has 0 radical (unpaired) electrons. The monoisotopic (exact) mass is 304 g/mol. The van der Waals surface area contributed by atoms with E-state index >= 15 is 0 Å². The van der Waals surface area contributed by atoms with Gasteiger partial charge in [0.05, 0.1) is 11.4 Å². The van der Waals surface area contributed by atoms with Crippen LogP contribution in [0.15, 0.2) is 70.9 Å². The highest BCUT2D eigenvalue weighted by molar-refractivity contribution is 7.91. The Labute approximate surface area is 123 Å². The Morgan fingerprint density at radius 1 is 1.00 bits per heavy atom. The lowest BCUT2D eigenvalue weighted by molar-refractivity contribution is 0.146. The maximum Gasteiger partial charge on any atom is 0.276 e. The standard InChI is InChI=1S/C15H16N2O3S/c1-15(18,17-16-14-10-6-3-7-11-14)21(19,20)12-13-8-4-2-5-9-13/h2-11,18H,12H2,1H3. The van der Waals surface area contributed by atoms with Gasteiger partial charge >= 0.3 is 0 Å². The van der Waals surface area contributed by atoms with Crippen LogP contribution in [0.3, 0.4) is 0 Å². The molecule has 0 bridgehead atoms. The van der Waals surface area contributed by atoms with Crippen molar-refractivity contribution in [3.05, 3.63) is 66.2 Å². The SMILES string of the molecule is CC(O)(N=Nc1ccccc1)S(=O)(=O)Cc1ccccc1. The van der Waals surface area contributed by atoms with Crippen molar-refractivity contribution in [3.63, 3.8) is 0 Å². The zero-order valence-corrected chi connectivity index (χ0v) is 12.4. The van der Waals surface area contributed by atoms with Crippen LogP contribution in [-0.4, -0.2) is 18.6 Å². The molecule has 1 N–H and O–H groups in total. The number of hydrogen-bond donors (Lipinski definition) is 1. The van der Waals surface area contributed by atoms with Crippen molar-refractivity contribution < 1.29 is 13.5 Å². The van der Waals surface area contributed by atoms with Gasteiger partial charge in [0.1, 0.15) is 0 Å². The molecule has 21 heavy (non-hydrogen) atoms. The lowest BCUT2D eigenvalue weighted by atomic mass is 10.2. The van der Waals surface area contributed by atoms with Crippen molar-refractivity contribution in [2.75, 3.05) is 0 Å². The topological polar surface area (TPSA) is 79.1 Å². The second kappa shape index (κ2) is 6.15. The first-order valence-electron chi connectivity index (χ1n) is 6.37. The summed E-state index contributed by atoms with van der Waals surface area (Å²) in [6.45, 7) is 1.12. The largest absolute Gasteiger partial charge is 0.356 e. The minimum atomic E-state index is -3.89. The summed E-state index contributed by atoms with van der Waals surface area (Å²) in [4.78, 5) is 0. The van der Waals surface area contributed by atoms with Gasteiger partial charge in [-0.15, -0.1) is 5.11 Å². The molecule has 0 heterocycles. The fourth-order valence-electron chi connectivity index (χ4n) is 1.64. The van der Waals surface area contributed by atoms with Gasteiger partial charge in [0.25, 0.3) is 5.06 Å². The third-order valence-electron chi connectivity index (χ3n) is 2.90. The van der Waals surface area contributed by atoms with Gasteiger partial charge in [-0.3, -0.25) is 0 Å². The number of hydrogen-bond acceptors (Lipinski definition) is 5. The van der Waals surface area contributed by atoms with Crippen LogP contribution in [0.5, 0.6) is 0 Å². The Bertz CT molecular complexity index is 711. The summed E-state index contributed by atoms with van der Waals surface area (Å²) in [6, 6.07) is 17.3. The lowest BCUT2D eigenvalue weighted by Gasteiger charge is -2.17. The van der Waals surface area contributed by atoms with E-state index in [0.29, 0.717) is 11.3 Å². The average molecular weight is 304 g/mol. The van der Waals surface area contributed by atoms with Crippen molar-refractivity contribution in [2.24, 2.45) is 10.2 Å². The molecule has 2 aromatic rings. The minimum absolute atomic E-state index is 0.297. The van der Waals surface area contributed by atoms with Crippen molar-refractivity contribution in [1.29, 1.82) is 0 Å². The first kappa shape index (κ1) is 15.3. The molecule has 0 saturated heterocycles. The second-order valence-corrected chi connectivity index (χ2v) is 7.01. The van der Waals surface area contributed by atoms with E-state index in [1.807, 2.05) is 6.07 Å². The van der Waals surface area contributed by atoms with E-state index < -0.39 is 14.9 Å². The van der Waals surface area contributed by atoms with Crippen LogP contribution in [0.4, 0.5) is 5.69 Å². The molecule has 1 atom stereocenters. The maximum atomic E-state index is 12.2. The third kappa shape index (κ3) is 3.96. The van der Waals surface area contributed by atoms with Crippen molar-refractivity contribution in [1.82, 2.24) is 0 Å². The van der Waals surface area contributed by atoms with Gasteiger partial charge in [-0.1, -0.05) is 48.5 Å². The van der Waals surface area contributed by atoms with E-state index in [1.54, 1.807) is 54.6 Å². The lowest BCUT2D eigenvalue weighted by Crippen LogP contribution is -2.33. The highest BCUT2D eigenvalue weighted by Crippen LogP contribution is 2.23.